The molecule has 0 aromatic heterocycles. The molecule has 2 bridgehead atoms. The Hall–Kier alpha value is -0.530. The molecule has 0 radical (unpaired) electrons. The number of rotatable bonds is 3. The number of carbonyl (C=O) groups is 1. The zero-order chi connectivity index (χ0) is 12.0. The second-order valence-electron chi connectivity index (χ2n) is 6.44. The fourth-order valence-corrected chi connectivity index (χ4v) is 4.57. The van der Waals surface area contributed by atoms with Crippen LogP contribution in [0.2, 0.25) is 0 Å². The molecule has 0 aromatic carbocycles. The maximum Gasteiger partial charge on any atom is 0.308 e. The van der Waals surface area contributed by atoms with Crippen LogP contribution >= 0.6 is 0 Å². The Bertz CT molecular complexity index is 312. The van der Waals surface area contributed by atoms with Gasteiger partial charge in [-0.15, -0.1) is 0 Å². The topological polar surface area (TPSA) is 26.3 Å². The zero-order valence-corrected chi connectivity index (χ0v) is 11.0. The van der Waals surface area contributed by atoms with E-state index in [4.69, 9.17) is 4.74 Å². The highest BCUT2D eigenvalue weighted by atomic mass is 16.5. The minimum absolute atomic E-state index is 0.0413. The van der Waals surface area contributed by atoms with Crippen molar-refractivity contribution in [2.24, 2.45) is 29.6 Å². The number of fused-ring (bicyclic) bond motifs is 5. The van der Waals surface area contributed by atoms with Crippen molar-refractivity contribution in [2.75, 3.05) is 0 Å². The second kappa shape index (κ2) is 4.29. The molecule has 3 aliphatic carbocycles. The fourth-order valence-electron chi connectivity index (χ4n) is 4.57. The van der Waals surface area contributed by atoms with Crippen LogP contribution in [0.3, 0.4) is 0 Å². The van der Waals surface area contributed by atoms with E-state index in [9.17, 15) is 4.79 Å². The van der Waals surface area contributed by atoms with Crippen molar-refractivity contribution < 1.29 is 9.53 Å². The van der Waals surface area contributed by atoms with E-state index in [0.29, 0.717) is 5.92 Å². The first-order chi connectivity index (χ1) is 8.20. The molecule has 17 heavy (non-hydrogen) atoms. The van der Waals surface area contributed by atoms with Crippen molar-refractivity contribution in [1.29, 1.82) is 0 Å². The first kappa shape index (κ1) is 11.6. The lowest BCUT2D eigenvalue weighted by molar-refractivity contribution is -0.157. The molecule has 0 amide bonds. The summed E-state index contributed by atoms with van der Waals surface area (Å²) in [5, 5.41) is 0. The summed E-state index contributed by atoms with van der Waals surface area (Å²) in [5.41, 5.74) is 0. The molecule has 0 aliphatic heterocycles. The third-order valence-electron chi connectivity index (χ3n) is 5.65. The minimum atomic E-state index is 0.0413. The van der Waals surface area contributed by atoms with Crippen LogP contribution in [-0.2, 0) is 9.53 Å². The molecule has 0 spiro atoms. The SMILES string of the molecule is CCC(C)C(=O)OC1CC2C[C@H]1C1CCCC21. The van der Waals surface area contributed by atoms with Gasteiger partial charge in [-0.3, -0.25) is 4.79 Å². The monoisotopic (exact) mass is 236 g/mol. The second-order valence-corrected chi connectivity index (χ2v) is 6.44. The van der Waals surface area contributed by atoms with Gasteiger partial charge < -0.3 is 4.74 Å². The van der Waals surface area contributed by atoms with Gasteiger partial charge in [0.1, 0.15) is 6.10 Å². The average Bonchev–Trinajstić information content (AvgIpc) is 2.98. The maximum atomic E-state index is 11.9. The van der Waals surface area contributed by atoms with E-state index in [1.165, 1.54) is 25.7 Å². The molecule has 3 rings (SSSR count). The predicted octanol–water partition coefficient (Wildman–Crippen LogP) is 3.40. The van der Waals surface area contributed by atoms with E-state index in [0.717, 1.165) is 30.6 Å². The predicted molar refractivity (Wildman–Crippen MR) is 66.4 cm³/mol. The molecule has 96 valence electrons. The van der Waals surface area contributed by atoms with E-state index in [2.05, 4.69) is 6.92 Å². The normalized spacial score (nSPS) is 44.7. The summed E-state index contributed by atoms with van der Waals surface area (Å²) in [6.07, 6.45) is 7.91. The van der Waals surface area contributed by atoms with Gasteiger partial charge in [0.2, 0.25) is 0 Å². The summed E-state index contributed by atoms with van der Waals surface area (Å²) in [6.45, 7) is 4.04. The van der Waals surface area contributed by atoms with E-state index in [1.807, 2.05) is 6.92 Å². The molecule has 0 aromatic rings. The standard InChI is InChI=1S/C15H24O2/c1-3-9(2)15(16)17-14-8-10-7-13(14)12-6-4-5-11(10)12/h9-14H,3-8H2,1-2H3/t9?,10?,11?,12?,13-,14?/m0/s1. The molecule has 3 saturated carbocycles. The van der Waals surface area contributed by atoms with Crippen LogP contribution in [0.5, 0.6) is 0 Å². The highest BCUT2D eigenvalue weighted by molar-refractivity contribution is 5.72. The van der Waals surface area contributed by atoms with Gasteiger partial charge >= 0.3 is 5.97 Å². The van der Waals surface area contributed by atoms with Crippen molar-refractivity contribution in [1.82, 2.24) is 0 Å². The lowest BCUT2D eigenvalue weighted by atomic mass is 9.80. The minimum Gasteiger partial charge on any atom is -0.462 e. The summed E-state index contributed by atoms with van der Waals surface area (Å²) in [5.74, 6) is 3.58. The fraction of sp³-hybridized carbons (Fsp3) is 0.933. The summed E-state index contributed by atoms with van der Waals surface area (Å²) >= 11 is 0. The average molecular weight is 236 g/mol. The van der Waals surface area contributed by atoms with Crippen LogP contribution in [0.15, 0.2) is 0 Å². The van der Waals surface area contributed by atoms with Crippen molar-refractivity contribution in [3.05, 3.63) is 0 Å². The van der Waals surface area contributed by atoms with Crippen molar-refractivity contribution in [3.8, 4) is 0 Å². The molecular weight excluding hydrogens is 212 g/mol. The van der Waals surface area contributed by atoms with Gasteiger partial charge in [0.05, 0.1) is 5.92 Å². The molecule has 3 aliphatic rings. The molecular formula is C15H24O2. The first-order valence-corrected chi connectivity index (χ1v) is 7.41. The molecule has 3 fully saturated rings. The molecule has 0 N–H and O–H groups in total. The van der Waals surface area contributed by atoms with Gasteiger partial charge in [0.25, 0.3) is 0 Å². The van der Waals surface area contributed by atoms with Gasteiger partial charge in [-0.1, -0.05) is 20.3 Å². The van der Waals surface area contributed by atoms with Crippen molar-refractivity contribution in [3.63, 3.8) is 0 Å². The van der Waals surface area contributed by atoms with E-state index >= 15 is 0 Å². The summed E-state index contributed by atoms with van der Waals surface area (Å²) in [4.78, 5) is 11.9. The van der Waals surface area contributed by atoms with Crippen LogP contribution in [0.4, 0.5) is 0 Å². The lowest BCUT2D eigenvalue weighted by Gasteiger charge is -2.31. The van der Waals surface area contributed by atoms with Crippen LogP contribution in [0, 0.1) is 29.6 Å². The van der Waals surface area contributed by atoms with Crippen LogP contribution in [0.1, 0.15) is 52.4 Å². The summed E-state index contributed by atoms with van der Waals surface area (Å²) in [6, 6.07) is 0. The Balaban J connectivity index is 1.62. The Morgan fingerprint density at radius 1 is 1.24 bits per heavy atom. The molecule has 5 unspecified atom stereocenters. The van der Waals surface area contributed by atoms with Gasteiger partial charge in [0.15, 0.2) is 0 Å². The summed E-state index contributed by atoms with van der Waals surface area (Å²) in [7, 11) is 0. The van der Waals surface area contributed by atoms with Crippen molar-refractivity contribution >= 4 is 5.97 Å². The van der Waals surface area contributed by atoms with Gasteiger partial charge in [-0.2, -0.15) is 0 Å². The number of carbonyl (C=O) groups excluding carboxylic acids is 1. The molecule has 2 heteroatoms. The molecule has 0 heterocycles. The van der Waals surface area contributed by atoms with E-state index in [-0.39, 0.29) is 18.0 Å². The number of ether oxygens (including phenoxy) is 1. The van der Waals surface area contributed by atoms with Crippen molar-refractivity contribution in [2.45, 2.75) is 58.5 Å². The quantitative estimate of drug-likeness (QED) is 0.702. The summed E-state index contributed by atoms with van der Waals surface area (Å²) < 4.78 is 5.77. The van der Waals surface area contributed by atoms with Gasteiger partial charge in [-0.25, -0.2) is 0 Å². The molecule has 0 saturated heterocycles. The Morgan fingerprint density at radius 3 is 2.76 bits per heavy atom. The third-order valence-corrected chi connectivity index (χ3v) is 5.65. The molecule has 2 nitrogen and oxygen atoms in total. The number of hydrogen-bond donors (Lipinski definition) is 0. The maximum absolute atomic E-state index is 11.9. The lowest BCUT2D eigenvalue weighted by Crippen LogP contribution is -2.33. The Labute approximate surface area is 104 Å². The van der Waals surface area contributed by atoms with Crippen LogP contribution < -0.4 is 0 Å². The van der Waals surface area contributed by atoms with Gasteiger partial charge in [0, 0.05) is 0 Å². The van der Waals surface area contributed by atoms with E-state index in [1.54, 1.807) is 0 Å². The Kier molecular flexibility index (Phi) is 2.92. The van der Waals surface area contributed by atoms with Gasteiger partial charge in [-0.05, 0) is 55.8 Å². The highest BCUT2D eigenvalue weighted by Gasteiger charge is 2.55. The molecule has 6 atom stereocenters. The van der Waals surface area contributed by atoms with Crippen LogP contribution in [0.25, 0.3) is 0 Å². The number of esters is 1. The Morgan fingerprint density at radius 2 is 2.00 bits per heavy atom. The highest BCUT2D eigenvalue weighted by Crippen LogP contribution is 2.59. The first-order valence-electron chi connectivity index (χ1n) is 7.41. The smallest absolute Gasteiger partial charge is 0.308 e. The third kappa shape index (κ3) is 1.80. The zero-order valence-electron chi connectivity index (χ0n) is 11.0. The van der Waals surface area contributed by atoms with Crippen LogP contribution in [-0.4, -0.2) is 12.1 Å². The van der Waals surface area contributed by atoms with E-state index < -0.39 is 0 Å². The number of hydrogen-bond acceptors (Lipinski definition) is 2. The largest absolute Gasteiger partial charge is 0.462 e.